The van der Waals surface area contributed by atoms with Gasteiger partial charge in [0.05, 0.1) is 23.2 Å². The number of methoxy groups -OCH3 is 1. The highest BCUT2D eigenvalue weighted by atomic mass is 35.5. The molecular weight excluding hydrogens is 425 g/mol. The molecule has 4 rings (SSSR count). The lowest BCUT2D eigenvalue weighted by molar-refractivity contribution is -0.00000642. The minimum absolute atomic E-state index is 0. The van der Waals surface area contributed by atoms with E-state index in [0.29, 0.717) is 29.7 Å². The molecule has 0 bridgehead atoms. The zero-order valence-corrected chi connectivity index (χ0v) is 17.7. The molecule has 0 saturated heterocycles. The van der Waals surface area contributed by atoms with Gasteiger partial charge in [0.15, 0.2) is 11.5 Å². The van der Waals surface area contributed by atoms with E-state index in [1.165, 1.54) is 0 Å². The molecule has 0 aliphatic heterocycles. The van der Waals surface area contributed by atoms with Crippen molar-refractivity contribution in [1.82, 2.24) is 9.97 Å². The number of aromatic nitrogens is 2. The quantitative estimate of drug-likeness (QED) is 0.405. The van der Waals surface area contributed by atoms with Crippen LogP contribution in [0.1, 0.15) is 11.1 Å². The van der Waals surface area contributed by atoms with Gasteiger partial charge in [-0.3, -0.25) is 0 Å². The number of anilines is 1. The van der Waals surface area contributed by atoms with Crippen LogP contribution in [0.15, 0.2) is 65.5 Å². The van der Waals surface area contributed by atoms with Crippen molar-refractivity contribution in [1.29, 1.82) is 0 Å². The van der Waals surface area contributed by atoms with Crippen molar-refractivity contribution in [2.24, 2.45) is 0 Å². The minimum atomic E-state index is -0.222. The molecule has 0 atom stereocenters. The smallest absolute Gasteiger partial charge is 0.323 e. The van der Waals surface area contributed by atoms with Gasteiger partial charge in [0.25, 0.3) is 0 Å². The molecular formula is C22H20Cl2N3O3-. The maximum absolute atomic E-state index is 11.4. The first-order chi connectivity index (χ1) is 14.1. The lowest BCUT2D eigenvalue weighted by Gasteiger charge is -2.15. The molecule has 0 aliphatic carbocycles. The molecule has 0 amide bonds. The first-order valence-corrected chi connectivity index (χ1v) is 9.49. The van der Waals surface area contributed by atoms with Crippen LogP contribution in [-0.2, 0) is 13.2 Å². The van der Waals surface area contributed by atoms with Gasteiger partial charge >= 0.3 is 5.69 Å². The van der Waals surface area contributed by atoms with E-state index in [2.05, 4.69) is 15.3 Å². The van der Waals surface area contributed by atoms with Gasteiger partial charge in [-0.2, -0.15) is 0 Å². The van der Waals surface area contributed by atoms with E-state index >= 15 is 0 Å². The molecule has 8 heteroatoms. The monoisotopic (exact) mass is 444 g/mol. The number of halogens is 2. The number of rotatable bonds is 7. The van der Waals surface area contributed by atoms with Gasteiger partial charge in [0.2, 0.25) is 0 Å². The summed E-state index contributed by atoms with van der Waals surface area (Å²) in [5, 5.41) is 3.82. The Morgan fingerprint density at radius 1 is 0.967 bits per heavy atom. The van der Waals surface area contributed by atoms with Gasteiger partial charge in [0.1, 0.15) is 6.61 Å². The van der Waals surface area contributed by atoms with E-state index in [-0.39, 0.29) is 18.1 Å². The molecule has 0 radical (unpaired) electrons. The summed E-state index contributed by atoms with van der Waals surface area (Å²) in [7, 11) is 1.59. The molecule has 4 aromatic rings. The van der Waals surface area contributed by atoms with Crippen molar-refractivity contribution in [3.05, 3.63) is 87.3 Å². The van der Waals surface area contributed by atoms with Crippen LogP contribution >= 0.6 is 11.6 Å². The largest absolute Gasteiger partial charge is 1.00 e. The fourth-order valence-corrected chi connectivity index (χ4v) is 3.38. The minimum Gasteiger partial charge on any atom is -1.00 e. The third-order valence-corrected chi connectivity index (χ3v) is 4.81. The molecule has 0 aliphatic rings. The van der Waals surface area contributed by atoms with E-state index in [4.69, 9.17) is 21.1 Å². The van der Waals surface area contributed by atoms with Crippen LogP contribution in [-0.4, -0.2) is 17.1 Å². The molecule has 1 aromatic heterocycles. The topological polar surface area (TPSA) is 79.1 Å². The maximum Gasteiger partial charge on any atom is 0.323 e. The Morgan fingerprint density at radius 3 is 2.50 bits per heavy atom. The summed E-state index contributed by atoms with van der Waals surface area (Å²) in [6.07, 6.45) is 0. The zero-order valence-electron chi connectivity index (χ0n) is 16.2. The zero-order chi connectivity index (χ0) is 20.2. The van der Waals surface area contributed by atoms with Crippen LogP contribution < -0.4 is 32.9 Å². The summed E-state index contributed by atoms with van der Waals surface area (Å²) < 4.78 is 11.4. The van der Waals surface area contributed by atoms with Gasteiger partial charge in [-0.25, -0.2) is 4.79 Å². The number of aromatic amines is 2. The molecule has 6 nitrogen and oxygen atoms in total. The number of fused-ring (bicyclic) bond motifs is 1. The molecule has 0 fully saturated rings. The Balaban J connectivity index is 0.00000256. The Kier molecular flexibility index (Phi) is 6.92. The first kappa shape index (κ1) is 21.6. The number of ether oxygens (including phenoxy) is 2. The standard InChI is InChI=1S/C22H20ClN3O3.ClH/c1-28-20-10-15(9-17(23)21(20)29-13-14-5-3-2-4-6-14)12-24-16-7-8-18-19(11-16)26-22(27)25-18;/h2-11,24H,12-13H2,1H3,(H2,25,26,27);1H/p-1. The van der Waals surface area contributed by atoms with Gasteiger partial charge in [-0.05, 0) is 41.5 Å². The van der Waals surface area contributed by atoms with Crippen molar-refractivity contribution in [2.75, 3.05) is 12.4 Å². The summed E-state index contributed by atoms with van der Waals surface area (Å²) in [6.45, 7) is 0.943. The Labute approximate surface area is 184 Å². The first-order valence-electron chi connectivity index (χ1n) is 9.11. The second kappa shape index (κ2) is 9.61. The number of nitrogens with one attached hydrogen (secondary N) is 3. The van der Waals surface area contributed by atoms with Crippen LogP contribution in [0.2, 0.25) is 5.02 Å². The lowest BCUT2D eigenvalue weighted by atomic mass is 10.2. The van der Waals surface area contributed by atoms with Crippen LogP contribution in [0, 0.1) is 0 Å². The van der Waals surface area contributed by atoms with Gasteiger partial charge in [0, 0.05) is 12.2 Å². The highest BCUT2D eigenvalue weighted by molar-refractivity contribution is 6.32. The van der Waals surface area contributed by atoms with Crippen LogP contribution in [0.5, 0.6) is 11.5 Å². The second-order valence-electron chi connectivity index (χ2n) is 6.58. The molecule has 0 spiro atoms. The predicted octanol–water partition coefficient (Wildman–Crippen LogP) is 1.71. The van der Waals surface area contributed by atoms with Gasteiger partial charge in [-0.15, -0.1) is 0 Å². The molecule has 0 saturated carbocycles. The van der Waals surface area contributed by atoms with Crippen LogP contribution in [0.4, 0.5) is 5.69 Å². The molecule has 30 heavy (non-hydrogen) atoms. The SMILES string of the molecule is COc1cc(CNc2ccc3[nH]c(=O)[nH]c3c2)cc(Cl)c1OCc1ccccc1.[Cl-]. The Bertz CT molecular complexity index is 1190. The lowest BCUT2D eigenvalue weighted by Crippen LogP contribution is -3.00. The van der Waals surface area contributed by atoms with Crippen molar-refractivity contribution >= 4 is 28.3 Å². The van der Waals surface area contributed by atoms with E-state index in [9.17, 15) is 4.79 Å². The van der Waals surface area contributed by atoms with E-state index in [1.807, 2.05) is 60.7 Å². The summed E-state index contributed by atoms with van der Waals surface area (Å²) in [4.78, 5) is 16.9. The summed E-state index contributed by atoms with van der Waals surface area (Å²) in [6, 6.07) is 19.3. The Morgan fingerprint density at radius 2 is 1.73 bits per heavy atom. The second-order valence-corrected chi connectivity index (χ2v) is 6.98. The average molecular weight is 445 g/mol. The number of imidazole rings is 1. The van der Waals surface area contributed by atoms with Gasteiger partial charge < -0.3 is 37.2 Å². The van der Waals surface area contributed by atoms with Gasteiger partial charge in [-0.1, -0.05) is 41.9 Å². The van der Waals surface area contributed by atoms with E-state index < -0.39 is 0 Å². The molecule has 0 unspecified atom stereocenters. The third-order valence-electron chi connectivity index (χ3n) is 4.53. The van der Waals surface area contributed by atoms with Crippen molar-refractivity contribution in [2.45, 2.75) is 13.2 Å². The summed E-state index contributed by atoms with van der Waals surface area (Å²) >= 11 is 6.47. The number of H-pyrrole nitrogens is 2. The van der Waals surface area contributed by atoms with Crippen LogP contribution in [0.3, 0.4) is 0 Å². The van der Waals surface area contributed by atoms with E-state index in [1.54, 1.807) is 7.11 Å². The number of benzene rings is 3. The summed E-state index contributed by atoms with van der Waals surface area (Å²) in [5.41, 5.74) is 4.17. The van der Waals surface area contributed by atoms with Crippen molar-refractivity contribution < 1.29 is 21.9 Å². The average Bonchev–Trinajstić information content (AvgIpc) is 3.11. The summed E-state index contributed by atoms with van der Waals surface area (Å²) in [5.74, 6) is 1.10. The molecule has 3 N–H and O–H groups in total. The number of hydrogen-bond acceptors (Lipinski definition) is 4. The predicted molar refractivity (Wildman–Crippen MR) is 115 cm³/mol. The number of hydrogen-bond donors (Lipinski definition) is 3. The Hall–Kier alpha value is -3.09. The molecule has 3 aromatic carbocycles. The van der Waals surface area contributed by atoms with Crippen LogP contribution in [0.25, 0.3) is 11.0 Å². The highest BCUT2D eigenvalue weighted by Crippen LogP contribution is 2.37. The highest BCUT2D eigenvalue weighted by Gasteiger charge is 2.12. The normalized spacial score (nSPS) is 10.5. The maximum atomic E-state index is 11.4. The van der Waals surface area contributed by atoms with Crippen molar-refractivity contribution in [3.8, 4) is 11.5 Å². The van der Waals surface area contributed by atoms with E-state index in [0.717, 1.165) is 27.8 Å². The molecule has 156 valence electrons. The third kappa shape index (κ3) is 4.90. The van der Waals surface area contributed by atoms with Crippen molar-refractivity contribution in [3.63, 3.8) is 0 Å². The fourth-order valence-electron chi connectivity index (χ4n) is 3.09. The molecule has 1 heterocycles. The fraction of sp³-hybridized carbons (Fsp3) is 0.136.